The average Bonchev–Trinajstić information content (AvgIpc) is 2.29. The average molecular weight is 223 g/mol. The molecule has 0 fully saturated rings. The van der Waals surface area contributed by atoms with Crippen molar-refractivity contribution in [1.82, 2.24) is 0 Å². The number of Topliss-reactive ketones (excluding diaryl/α,β-unsaturated/α-hetero) is 1. The molecule has 0 saturated heterocycles. The molecular weight excluding hydrogens is 206 g/mol. The molecule has 0 spiro atoms. The maximum absolute atomic E-state index is 11.1. The van der Waals surface area contributed by atoms with Crippen LogP contribution in [0.4, 0.5) is 5.69 Å². The number of carbonyl (C=O) groups is 1. The molecule has 1 aromatic rings. The molecule has 0 atom stereocenters. The maximum Gasteiger partial charge on any atom is 0.159 e. The molecule has 16 heavy (non-hydrogen) atoms. The van der Waals surface area contributed by atoms with Gasteiger partial charge >= 0.3 is 0 Å². The lowest BCUT2D eigenvalue weighted by molar-refractivity contribution is 0.101. The van der Waals surface area contributed by atoms with Crippen molar-refractivity contribution >= 4 is 11.5 Å². The van der Waals surface area contributed by atoms with Gasteiger partial charge in [0, 0.05) is 11.3 Å². The molecule has 0 amide bonds. The zero-order valence-electron chi connectivity index (χ0n) is 9.53. The van der Waals surface area contributed by atoms with E-state index in [-0.39, 0.29) is 19.0 Å². The largest absolute Gasteiger partial charge is 0.394 e. The number of ketones is 1. The molecule has 4 heteroatoms. The van der Waals surface area contributed by atoms with Crippen LogP contribution in [0, 0.1) is 0 Å². The van der Waals surface area contributed by atoms with Crippen molar-refractivity contribution in [1.29, 1.82) is 0 Å². The number of benzene rings is 1. The Morgan fingerprint density at radius 1 is 1.25 bits per heavy atom. The molecule has 0 aliphatic heterocycles. The van der Waals surface area contributed by atoms with Gasteiger partial charge < -0.3 is 15.5 Å². The third-order valence-electron chi connectivity index (χ3n) is 2.44. The number of rotatable bonds is 5. The first-order valence-corrected chi connectivity index (χ1v) is 5.12. The number of hydrogen-bond donors (Lipinski definition) is 3. The lowest BCUT2D eigenvalue weighted by atomic mass is 10.0. The highest BCUT2D eigenvalue weighted by Gasteiger charge is 2.21. The number of anilines is 1. The zero-order valence-corrected chi connectivity index (χ0v) is 9.53. The van der Waals surface area contributed by atoms with Crippen molar-refractivity contribution in [2.75, 3.05) is 18.5 Å². The van der Waals surface area contributed by atoms with Crippen LogP contribution in [0.5, 0.6) is 0 Å². The highest BCUT2D eigenvalue weighted by Crippen LogP contribution is 2.15. The molecule has 0 heterocycles. The van der Waals surface area contributed by atoms with Crippen LogP contribution in [-0.4, -0.2) is 34.7 Å². The molecule has 0 aliphatic rings. The number of aliphatic hydroxyl groups excluding tert-OH is 2. The second-order valence-electron chi connectivity index (χ2n) is 4.14. The van der Waals surface area contributed by atoms with Crippen molar-refractivity contribution < 1.29 is 15.0 Å². The monoisotopic (exact) mass is 223 g/mol. The van der Waals surface area contributed by atoms with Gasteiger partial charge in [-0.15, -0.1) is 0 Å². The SMILES string of the molecule is CC(=O)c1ccc(NC(C)(CO)CO)cc1. The minimum absolute atomic E-state index is 0.0126. The summed E-state index contributed by atoms with van der Waals surface area (Å²) in [6.45, 7) is 2.88. The fourth-order valence-corrected chi connectivity index (χ4v) is 1.27. The first-order valence-electron chi connectivity index (χ1n) is 5.12. The lowest BCUT2D eigenvalue weighted by Gasteiger charge is -2.27. The summed E-state index contributed by atoms with van der Waals surface area (Å²) >= 11 is 0. The van der Waals surface area contributed by atoms with Crippen LogP contribution in [0.2, 0.25) is 0 Å². The predicted molar refractivity (Wildman–Crippen MR) is 62.6 cm³/mol. The molecule has 1 aromatic carbocycles. The maximum atomic E-state index is 11.1. The molecule has 4 nitrogen and oxygen atoms in total. The third kappa shape index (κ3) is 3.05. The number of nitrogens with one attached hydrogen (secondary N) is 1. The van der Waals surface area contributed by atoms with Crippen LogP contribution in [0.25, 0.3) is 0 Å². The van der Waals surface area contributed by atoms with Crippen molar-refractivity contribution in [3.05, 3.63) is 29.8 Å². The predicted octanol–water partition coefficient (Wildman–Crippen LogP) is 1.04. The molecule has 0 bridgehead atoms. The summed E-state index contributed by atoms with van der Waals surface area (Å²) in [5.41, 5.74) is 0.647. The molecule has 88 valence electrons. The molecule has 0 unspecified atom stereocenters. The summed E-state index contributed by atoms with van der Waals surface area (Å²) < 4.78 is 0. The van der Waals surface area contributed by atoms with Crippen LogP contribution in [-0.2, 0) is 0 Å². The highest BCUT2D eigenvalue weighted by atomic mass is 16.3. The van der Waals surface area contributed by atoms with Crippen molar-refractivity contribution in [3.63, 3.8) is 0 Å². The Labute approximate surface area is 94.9 Å². The van der Waals surface area contributed by atoms with Crippen LogP contribution in [0.15, 0.2) is 24.3 Å². The minimum Gasteiger partial charge on any atom is -0.394 e. The van der Waals surface area contributed by atoms with Gasteiger partial charge in [0.05, 0.1) is 18.8 Å². The van der Waals surface area contributed by atoms with E-state index in [0.717, 1.165) is 5.69 Å². The van der Waals surface area contributed by atoms with Gasteiger partial charge in [-0.25, -0.2) is 0 Å². The Morgan fingerprint density at radius 2 is 1.75 bits per heavy atom. The van der Waals surface area contributed by atoms with E-state index >= 15 is 0 Å². The molecule has 1 rings (SSSR count). The second-order valence-corrected chi connectivity index (χ2v) is 4.14. The van der Waals surface area contributed by atoms with E-state index in [4.69, 9.17) is 10.2 Å². The first-order chi connectivity index (χ1) is 7.50. The standard InChI is InChI=1S/C12H17NO3/c1-9(16)10-3-5-11(6-4-10)13-12(2,7-14)8-15/h3-6,13-15H,7-8H2,1-2H3. The van der Waals surface area contributed by atoms with E-state index in [2.05, 4.69) is 5.32 Å². The Balaban J connectivity index is 2.79. The summed E-state index contributed by atoms with van der Waals surface area (Å²) in [5.74, 6) is 0.0126. The van der Waals surface area contributed by atoms with Crippen molar-refractivity contribution in [3.8, 4) is 0 Å². The van der Waals surface area contributed by atoms with Gasteiger partial charge in [0.25, 0.3) is 0 Å². The number of carbonyl (C=O) groups excluding carboxylic acids is 1. The highest BCUT2D eigenvalue weighted by molar-refractivity contribution is 5.94. The normalized spacial score (nSPS) is 11.2. The third-order valence-corrected chi connectivity index (χ3v) is 2.44. The fraction of sp³-hybridized carbons (Fsp3) is 0.417. The summed E-state index contributed by atoms with van der Waals surface area (Å²) in [5, 5.41) is 21.2. The van der Waals surface area contributed by atoms with Gasteiger partial charge in [-0.05, 0) is 38.1 Å². The van der Waals surface area contributed by atoms with E-state index in [0.29, 0.717) is 5.56 Å². The van der Waals surface area contributed by atoms with E-state index in [1.807, 2.05) is 0 Å². The van der Waals surface area contributed by atoms with Gasteiger partial charge in [0.15, 0.2) is 5.78 Å². The molecule has 0 aromatic heterocycles. The smallest absolute Gasteiger partial charge is 0.159 e. The summed E-state index contributed by atoms with van der Waals surface area (Å²) in [7, 11) is 0. The second kappa shape index (κ2) is 5.09. The van der Waals surface area contributed by atoms with Crippen molar-refractivity contribution in [2.24, 2.45) is 0 Å². The quantitative estimate of drug-likeness (QED) is 0.652. The lowest BCUT2D eigenvalue weighted by Crippen LogP contribution is -2.42. The zero-order chi connectivity index (χ0) is 12.2. The van der Waals surface area contributed by atoms with Crippen LogP contribution < -0.4 is 5.32 Å². The van der Waals surface area contributed by atoms with E-state index in [1.165, 1.54) is 6.92 Å². The Morgan fingerprint density at radius 3 is 2.12 bits per heavy atom. The van der Waals surface area contributed by atoms with Crippen molar-refractivity contribution in [2.45, 2.75) is 19.4 Å². The number of hydrogen-bond acceptors (Lipinski definition) is 4. The Kier molecular flexibility index (Phi) is 4.04. The Hall–Kier alpha value is -1.39. The molecule has 0 saturated carbocycles. The Bertz CT molecular complexity index is 355. The van der Waals surface area contributed by atoms with Crippen LogP contribution in [0.3, 0.4) is 0 Å². The molecule has 0 aliphatic carbocycles. The van der Waals surface area contributed by atoms with E-state index in [9.17, 15) is 4.79 Å². The molecular formula is C12H17NO3. The van der Waals surface area contributed by atoms with E-state index < -0.39 is 5.54 Å². The van der Waals surface area contributed by atoms with Gasteiger partial charge in [-0.2, -0.15) is 0 Å². The number of aliphatic hydroxyl groups is 2. The fourth-order valence-electron chi connectivity index (χ4n) is 1.27. The van der Waals surface area contributed by atoms with Crippen LogP contribution >= 0.6 is 0 Å². The minimum atomic E-state index is -0.752. The van der Waals surface area contributed by atoms with Crippen LogP contribution in [0.1, 0.15) is 24.2 Å². The summed E-state index contributed by atoms with van der Waals surface area (Å²) in [6, 6.07) is 6.92. The van der Waals surface area contributed by atoms with Gasteiger partial charge in [-0.3, -0.25) is 4.79 Å². The first kappa shape index (κ1) is 12.7. The van der Waals surface area contributed by atoms with Gasteiger partial charge in [0.2, 0.25) is 0 Å². The summed E-state index contributed by atoms with van der Waals surface area (Å²) in [4.78, 5) is 11.1. The van der Waals surface area contributed by atoms with Gasteiger partial charge in [-0.1, -0.05) is 0 Å². The van der Waals surface area contributed by atoms with Gasteiger partial charge in [0.1, 0.15) is 0 Å². The van der Waals surface area contributed by atoms with E-state index in [1.54, 1.807) is 31.2 Å². The summed E-state index contributed by atoms with van der Waals surface area (Å²) in [6.07, 6.45) is 0. The molecule has 0 radical (unpaired) electrons. The topological polar surface area (TPSA) is 69.6 Å². The molecule has 3 N–H and O–H groups in total.